The van der Waals surface area contributed by atoms with Crippen LogP contribution in [0.1, 0.15) is 20.3 Å². The molecule has 1 amide bonds. The number of amides is 1. The van der Waals surface area contributed by atoms with Gasteiger partial charge in [-0.15, -0.1) is 0 Å². The third-order valence-electron chi connectivity index (χ3n) is 2.58. The molecular weight excluding hydrogens is 207 g/mol. The van der Waals surface area contributed by atoms with Gasteiger partial charge in [0.2, 0.25) is 5.91 Å². The fraction of sp³-hybridized carbons (Fsp3) is 0.333. The van der Waals surface area contributed by atoms with E-state index in [4.69, 9.17) is 5.26 Å². The summed E-state index contributed by atoms with van der Waals surface area (Å²) >= 11 is 0. The van der Waals surface area contributed by atoms with E-state index in [-0.39, 0.29) is 5.69 Å². The Hall–Kier alpha value is -1.89. The average Bonchev–Trinajstić information content (AvgIpc) is 2.31. The van der Waals surface area contributed by atoms with Gasteiger partial charge in [0.1, 0.15) is 11.2 Å². The van der Waals surface area contributed by atoms with Gasteiger partial charge in [0.25, 0.3) is 0 Å². The Morgan fingerprint density at radius 3 is 2.69 bits per heavy atom. The van der Waals surface area contributed by atoms with Gasteiger partial charge in [-0.25, -0.2) is 4.39 Å². The summed E-state index contributed by atoms with van der Waals surface area (Å²) in [7, 11) is 0. The summed E-state index contributed by atoms with van der Waals surface area (Å²) in [5, 5.41) is 11.3. The fourth-order valence-electron chi connectivity index (χ4n) is 1.11. The summed E-state index contributed by atoms with van der Waals surface area (Å²) in [6.07, 6.45) is 0.379. The van der Waals surface area contributed by atoms with Gasteiger partial charge >= 0.3 is 0 Å². The molecule has 1 atom stereocenters. The first-order chi connectivity index (χ1) is 7.53. The highest BCUT2D eigenvalue weighted by Crippen LogP contribution is 2.23. The summed E-state index contributed by atoms with van der Waals surface area (Å²) in [6, 6.07) is 7.80. The number of hydrogen-bond acceptors (Lipinski definition) is 2. The maximum atomic E-state index is 13.2. The number of nitriles is 1. The Kier molecular flexibility index (Phi) is 3.62. The van der Waals surface area contributed by atoms with Crippen molar-refractivity contribution in [3.8, 4) is 6.07 Å². The molecule has 0 unspecified atom stereocenters. The first-order valence-corrected chi connectivity index (χ1v) is 5.00. The molecule has 0 aliphatic rings. The highest BCUT2D eigenvalue weighted by Gasteiger charge is 2.31. The number of hydrogen-bond donors (Lipinski definition) is 1. The molecule has 4 heteroatoms. The lowest BCUT2D eigenvalue weighted by molar-refractivity contribution is -0.122. The van der Waals surface area contributed by atoms with E-state index in [1.807, 2.05) is 6.07 Å². The zero-order valence-electron chi connectivity index (χ0n) is 9.25. The number of rotatable bonds is 3. The van der Waals surface area contributed by atoms with Crippen LogP contribution in [0.3, 0.4) is 0 Å². The molecule has 1 aromatic carbocycles. The van der Waals surface area contributed by atoms with Crippen LogP contribution in [0.5, 0.6) is 0 Å². The van der Waals surface area contributed by atoms with Crippen LogP contribution in [0, 0.1) is 22.6 Å². The number of carbonyl (C=O) groups is 1. The van der Waals surface area contributed by atoms with Crippen molar-refractivity contribution in [2.24, 2.45) is 5.41 Å². The highest BCUT2D eigenvalue weighted by molar-refractivity contribution is 5.96. The molecule has 16 heavy (non-hydrogen) atoms. The summed E-state index contributed by atoms with van der Waals surface area (Å²) in [4.78, 5) is 11.7. The first-order valence-electron chi connectivity index (χ1n) is 5.00. The molecule has 0 aliphatic carbocycles. The van der Waals surface area contributed by atoms with Crippen molar-refractivity contribution >= 4 is 11.6 Å². The SMILES string of the molecule is CC[C@@](C)(C#N)C(=O)Nc1ccccc1F. The normalized spacial score (nSPS) is 13.6. The quantitative estimate of drug-likeness (QED) is 0.851. The van der Waals surface area contributed by atoms with E-state index in [2.05, 4.69) is 5.32 Å². The lowest BCUT2D eigenvalue weighted by Gasteiger charge is -2.18. The van der Waals surface area contributed by atoms with E-state index >= 15 is 0 Å². The molecule has 0 saturated heterocycles. The smallest absolute Gasteiger partial charge is 0.244 e. The number of nitrogens with zero attached hydrogens (tertiary/aromatic N) is 1. The molecule has 0 radical (unpaired) electrons. The predicted molar refractivity (Wildman–Crippen MR) is 59.0 cm³/mol. The van der Waals surface area contributed by atoms with Gasteiger partial charge in [0.05, 0.1) is 11.8 Å². The maximum Gasteiger partial charge on any atom is 0.244 e. The summed E-state index contributed by atoms with van der Waals surface area (Å²) in [5.74, 6) is -0.991. The van der Waals surface area contributed by atoms with E-state index in [0.717, 1.165) is 0 Å². The minimum atomic E-state index is -1.12. The van der Waals surface area contributed by atoms with Gasteiger partial charge in [0, 0.05) is 0 Å². The van der Waals surface area contributed by atoms with Gasteiger partial charge in [0.15, 0.2) is 0 Å². The topological polar surface area (TPSA) is 52.9 Å². The van der Waals surface area contributed by atoms with Crippen molar-refractivity contribution in [1.29, 1.82) is 5.26 Å². The van der Waals surface area contributed by atoms with Crippen LogP contribution in [-0.4, -0.2) is 5.91 Å². The van der Waals surface area contributed by atoms with E-state index in [9.17, 15) is 9.18 Å². The van der Waals surface area contributed by atoms with Crippen LogP contribution < -0.4 is 5.32 Å². The second-order valence-corrected chi connectivity index (χ2v) is 3.73. The number of halogens is 1. The third kappa shape index (κ3) is 2.37. The van der Waals surface area contributed by atoms with Crippen LogP contribution in [0.4, 0.5) is 10.1 Å². The van der Waals surface area contributed by atoms with Crippen LogP contribution in [0.15, 0.2) is 24.3 Å². The first kappa shape index (κ1) is 12.2. The summed E-state index contributed by atoms with van der Waals surface area (Å²) < 4.78 is 13.2. The molecule has 0 aromatic heterocycles. The minimum Gasteiger partial charge on any atom is -0.322 e. The molecule has 1 N–H and O–H groups in total. The fourth-order valence-corrected chi connectivity index (χ4v) is 1.11. The number of anilines is 1. The Labute approximate surface area is 93.9 Å². The van der Waals surface area contributed by atoms with Crippen LogP contribution >= 0.6 is 0 Å². The number of nitrogens with one attached hydrogen (secondary N) is 1. The van der Waals surface area contributed by atoms with Crippen molar-refractivity contribution in [3.05, 3.63) is 30.1 Å². The van der Waals surface area contributed by atoms with E-state index < -0.39 is 17.1 Å². The standard InChI is InChI=1S/C12H13FN2O/c1-3-12(2,8-14)11(16)15-10-7-5-4-6-9(10)13/h4-7H,3H2,1-2H3,(H,15,16)/t12-/m0/s1. The molecule has 0 fully saturated rings. The maximum absolute atomic E-state index is 13.2. The van der Waals surface area contributed by atoms with Gasteiger partial charge in [-0.1, -0.05) is 19.1 Å². The minimum absolute atomic E-state index is 0.0995. The summed E-state index contributed by atoms with van der Waals surface area (Å²) in [5.41, 5.74) is -1.02. The molecule has 0 heterocycles. The third-order valence-corrected chi connectivity index (χ3v) is 2.58. The van der Waals surface area contributed by atoms with Gasteiger partial charge in [-0.05, 0) is 25.5 Å². The lowest BCUT2D eigenvalue weighted by Crippen LogP contribution is -2.31. The van der Waals surface area contributed by atoms with Crippen LogP contribution in [0.2, 0.25) is 0 Å². The van der Waals surface area contributed by atoms with E-state index in [1.165, 1.54) is 25.1 Å². The van der Waals surface area contributed by atoms with Gasteiger partial charge < -0.3 is 5.32 Å². The van der Waals surface area contributed by atoms with Gasteiger partial charge in [-0.3, -0.25) is 4.79 Å². The zero-order chi connectivity index (χ0) is 12.2. The Bertz CT molecular complexity index is 439. The molecule has 0 spiro atoms. The van der Waals surface area contributed by atoms with Crippen molar-refractivity contribution < 1.29 is 9.18 Å². The molecule has 0 aliphatic heterocycles. The lowest BCUT2D eigenvalue weighted by atomic mass is 9.88. The van der Waals surface area contributed by atoms with Gasteiger partial charge in [-0.2, -0.15) is 5.26 Å². The number of para-hydroxylation sites is 1. The molecule has 3 nitrogen and oxygen atoms in total. The number of carbonyl (C=O) groups excluding carboxylic acids is 1. The van der Waals surface area contributed by atoms with Crippen molar-refractivity contribution in [1.82, 2.24) is 0 Å². The monoisotopic (exact) mass is 220 g/mol. The molecule has 0 bridgehead atoms. The number of benzene rings is 1. The van der Waals surface area contributed by atoms with E-state index in [0.29, 0.717) is 6.42 Å². The van der Waals surface area contributed by atoms with Crippen molar-refractivity contribution in [2.45, 2.75) is 20.3 Å². The Balaban J connectivity index is 2.88. The molecular formula is C12H13FN2O. The predicted octanol–water partition coefficient (Wildman–Crippen LogP) is 2.70. The van der Waals surface area contributed by atoms with Crippen LogP contribution in [-0.2, 0) is 4.79 Å². The second kappa shape index (κ2) is 4.75. The van der Waals surface area contributed by atoms with E-state index in [1.54, 1.807) is 13.0 Å². The average molecular weight is 220 g/mol. The molecule has 0 saturated carbocycles. The molecule has 1 rings (SSSR count). The summed E-state index contributed by atoms with van der Waals surface area (Å²) in [6.45, 7) is 3.27. The van der Waals surface area contributed by atoms with Crippen LogP contribution in [0.25, 0.3) is 0 Å². The van der Waals surface area contributed by atoms with Crippen molar-refractivity contribution in [2.75, 3.05) is 5.32 Å². The molecule has 84 valence electrons. The Morgan fingerprint density at radius 1 is 1.56 bits per heavy atom. The molecule has 1 aromatic rings. The second-order valence-electron chi connectivity index (χ2n) is 3.73. The largest absolute Gasteiger partial charge is 0.322 e. The van der Waals surface area contributed by atoms with Crippen molar-refractivity contribution in [3.63, 3.8) is 0 Å². The zero-order valence-corrected chi connectivity index (χ0v) is 9.25. The highest BCUT2D eigenvalue weighted by atomic mass is 19.1. The Morgan fingerprint density at radius 2 is 2.19 bits per heavy atom.